The summed E-state index contributed by atoms with van der Waals surface area (Å²) in [6, 6.07) is 14.9. The monoisotopic (exact) mass is 534 g/mol. The summed E-state index contributed by atoms with van der Waals surface area (Å²) in [4.78, 5) is 66.3. The summed E-state index contributed by atoms with van der Waals surface area (Å²) in [5.74, 6) is -2.71. The molecule has 0 saturated carbocycles. The van der Waals surface area contributed by atoms with Crippen LogP contribution in [0.25, 0.3) is 0 Å². The molecule has 3 N–H and O–H groups in total. The van der Waals surface area contributed by atoms with Gasteiger partial charge in [-0.15, -0.1) is 0 Å². The topological polar surface area (TPSA) is 125 Å². The normalized spacial score (nSPS) is 15.1. The molecular formula is C30H38N4O5. The lowest BCUT2D eigenvalue weighted by Gasteiger charge is -2.24. The van der Waals surface area contributed by atoms with Crippen molar-refractivity contribution in [3.63, 3.8) is 0 Å². The zero-order chi connectivity index (χ0) is 28.2. The van der Waals surface area contributed by atoms with Gasteiger partial charge in [-0.3, -0.25) is 24.0 Å². The maximum absolute atomic E-state index is 13.3. The number of nitrogens with one attached hydrogen (secondary N) is 3. The van der Waals surface area contributed by atoms with Crippen molar-refractivity contribution in [1.82, 2.24) is 20.9 Å². The van der Waals surface area contributed by atoms with Gasteiger partial charge in [-0.25, -0.2) is 0 Å². The Balaban J connectivity index is 1.67. The van der Waals surface area contributed by atoms with E-state index in [0.29, 0.717) is 31.5 Å². The fraction of sp³-hybridized carbons (Fsp3) is 0.433. The largest absolute Gasteiger partial charge is 0.344 e. The number of amides is 4. The van der Waals surface area contributed by atoms with Crippen molar-refractivity contribution in [3.8, 4) is 0 Å². The standard InChI is InChI=1S/C30H38N4O5/c1-3-4-17-24(26(35)30(39)34-18-11-12-19-34)32-27(36)21(2)31-29(38)25(20-22-13-7-5-8-14-22)33-28(37)23-15-9-6-10-16-23/h5-10,13-16,21,24-25H,3-4,11-12,17-20H2,1-2H3,(H,31,38)(H,32,36)(H,33,37)/t21-,24?,25-/m0/s1. The van der Waals surface area contributed by atoms with Crippen LogP contribution in [0.1, 0.15) is 61.9 Å². The number of likely N-dealkylation sites (tertiary alicyclic amines) is 1. The van der Waals surface area contributed by atoms with Crippen molar-refractivity contribution in [2.45, 2.75) is 70.5 Å². The van der Waals surface area contributed by atoms with Crippen LogP contribution in [0.2, 0.25) is 0 Å². The van der Waals surface area contributed by atoms with Crippen LogP contribution in [0.15, 0.2) is 60.7 Å². The molecule has 3 rings (SSSR count). The second kappa shape index (κ2) is 14.8. The van der Waals surface area contributed by atoms with Gasteiger partial charge in [-0.2, -0.15) is 0 Å². The van der Waals surface area contributed by atoms with Gasteiger partial charge >= 0.3 is 0 Å². The van der Waals surface area contributed by atoms with Crippen LogP contribution in [0, 0.1) is 0 Å². The molecule has 9 nitrogen and oxygen atoms in total. The van der Waals surface area contributed by atoms with Crippen molar-refractivity contribution in [3.05, 3.63) is 71.8 Å². The van der Waals surface area contributed by atoms with E-state index in [4.69, 9.17) is 0 Å². The fourth-order valence-corrected chi connectivity index (χ4v) is 4.47. The van der Waals surface area contributed by atoms with E-state index in [0.717, 1.165) is 24.8 Å². The molecule has 208 valence electrons. The Bertz CT molecular complexity index is 1130. The van der Waals surface area contributed by atoms with E-state index >= 15 is 0 Å². The van der Waals surface area contributed by atoms with Gasteiger partial charge in [0, 0.05) is 25.1 Å². The first-order valence-corrected chi connectivity index (χ1v) is 13.6. The number of nitrogens with zero attached hydrogens (tertiary/aromatic N) is 1. The molecule has 0 bridgehead atoms. The summed E-state index contributed by atoms with van der Waals surface area (Å²) in [5, 5.41) is 8.12. The lowest BCUT2D eigenvalue weighted by atomic mass is 10.0. The van der Waals surface area contributed by atoms with E-state index in [1.54, 1.807) is 30.3 Å². The minimum Gasteiger partial charge on any atom is -0.344 e. The first kappa shape index (κ1) is 29.5. The number of rotatable bonds is 13. The van der Waals surface area contributed by atoms with Gasteiger partial charge in [-0.05, 0) is 43.9 Å². The summed E-state index contributed by atoms with van der Waals surface area (Å²) in [6.07, 6.45) is 3.74. The van der Waals surface area contributed by atoms with Gasteiger partial charge in [-0.1, -0.05) is 68.3 Å². The lowest BCUT2D eigenvalue weighted by molar-refractivity contribution is -0.145. The number of hydrogen-bond acceptors (Lipinski definition) is 5. The molecule has 1 aliphatic rings. The quantitative estimate of drug-likeness (QED) is 0.341. The van der Waals surface area contributed by atoms with Gasteiger partial charge in [0.25, 0.3) is 11.8 Å². The summed E-state index contributed by atoms with van der Waals surface area (Å²) in [5.41, 5.74) is 1.25. The molecular weight excluding hydrogens is 496 g/mol. The zero-order valence-corrected chi connectivity index (χ0v) is 22.7. The van der Waals surface area contributed by atoms with Gasteiger partial charge < -0.3 is 20.9 Å². The Morgan fingerprint density at radius 2 is 1.41 bits per heavy atom. The molecule has 2 aromatic carbocycles. The third kappa shape index (κ3) is 8.77. The smallest absolute Gasteiger partial charge is 0.292 e. The van der Waals surface area contributed by atoms with E-state index in [1.807, 2.05) is 37.3 Å². The molecule has 1 saturated heterocycles. The third-order valence-electron chi connectivity index (χ3n) is 6.78. The van der Waals surface area contributed by atoms with Gasteiger partial charge in [0.15, 0.2) is 0 Å². The summed E-state index contributed by atoms with van der Waals surface area (Å²) >= 11 is 0. The molecule has 1 aliphatic heterocycles. The highest BCUT2D eigenvalue weighted by atomic mass is 16.2. The lowest BCUT2D eigenvalue weighted by Crippen LogP contribution is -2.56. The number of benzene rings is 2. The highest BCUT2D eigenvalue weighted by Crippen LogP contribution is 2.11. The van der Waals surface area contributed by atoms with Crippen LogP contribution >= 0.6 is 0 Å². The predicted octanol–water partition coefficient (Wildman–Crippen LogP) is 2.40. The third-order valence-corrected chi connectivity index (χ3v) is 6.78. The molecule has 1 heterocycles. The van der Waals surface area contributed by atoms with Crippen LogP contribution in [-0.2, 0) is 25.6 Å². The summed E-state index contributed by atoms with van der Waals surface area (Å²) in [7, 11) is 0. The van der Waals surface area contributed by atoms with Crippen LogP contribution < -0.4 is 16.0 Å². The number of carbonyl (C=O) groups excluding carboxylic acids is 5. The molecule has 4 amide bonds. The van der Waals surface area contributed by atoms with Gasteiger partial charge in [0.1, 0.15) is 12.1 Å². The Labute approximate surface area is 229 Å². The molecule has 1 unspecified atom stereocenters. The first-order chi connectivity index (χ1) is 18.8. The van der Waals surface area contributed by atoms with E-state index < -0.39 is 47.5 Å². The van der Waals surface area contributed by atoms with Gasteiger partial charge in [0.05, 0.1) is 6.04 Å². The molecule has 1 fully saturated rings. The van der Waals surface area contributed by atoms with Crippen LogP contribution in [-0.4, -0.2) is 65.5 Å². The van der Waals surface area contributed by atoms with E-state index in [-0.39, 0.29) is 6.42 Å². The Morgan fingerprint density at radius 1 is 0.795 bits per heavy atom. The minimum atomic E-state index is -0.997. The number of carbonyl (C=O) groups is 5. The Kier molecular flexibility index (Phi) is 11.2. The highest BCUT2D eigenvalue weighted by molar-refractivity contribution is 6.38. The average molecular weight is 535 g/mol. The number of ketones is 1. The van der Waals surface area contributed by atoms with Crippen molar-refractivity contribution in [2.75, 3.05) is 13.1 Å². The molecule has 2 aromatic rings. The van der Waals surface area contributed by atoms with Crippen molar-refractivity contribution in [1.29, 1.82) is 0 Å². The molecule has 0 spiro atoms. The van der Waals surface area contributed by atoms with Crippen molar-refractivity contribution < 1.29 is 24.0 Å². The molecule has 0 aliphatic carbocycles. The maximum atomic E-state index is 13.3. The van der Waals surface area contributed by atoms with Crippen molar-refractivity contribution >= 4 is 29.4 Å². The first-order valence-electron chi connectivity index (χ1n) is 13.6. The molecule has 9 heteroatoms. The molecule has 3 atom stereocenters. The Hall–Kier alpha value is -4.01. The summed E-state index contributed by atoms with van der Waals surface area (Å²) < 4.78 is 0. The maximum Gasteiger partial charge on any atom is 0.292 e. The second-order valence-electron chi connectivity index (χ2n) is 9.88. The number of Topliss-reactive ketones (excluding diaryl/α,β-unsaturated/α-hetero) is 1. The van der Waals surface area contributed by atoms with E-state index in [1.165, 1.54) is 11.8 Å². The second-order valence-corrected chi connectivity index (χ2v) is 9.88. The fourth-order valence-electron chi connectivity index (χ4n) is 4.47. The van der Waals surface area contributed by atoms with Crippen molar-refractivity contribution in [2.24, 2.45) is 0 Å². The Morgan fingerprint density at radius 3 is 2.03 bits per heavy atom. The molecule has 0 aromatic heterocycles. The SMILES string of the molecule is CCCCC(NC(=O)[C@H](C)NC(=O)[C@H](Cc1ccccc1)NC(=O)c1ccccc1)C(=O)C(=O)N1CCCC1. The average Bonchev–Trinajstić information content (AvgIpc) is 3.50. The molecule has 39 heavy (non-hydrogen) atoms. The minimum absolute atomic E-state index is 0.224. The molecule has 0 radical (unpaired) electrons. The van der Waals surface area contributed by atoms with Crippen LogP contribution in [0.4, 0.5) is 0 Å². The summed E-state index contributed by atoms with van der Waals surface area (Å²) in [6.45, 7) is 4.56. The zero-order valence-electron chi connectivity index (χ0n) is 22.7. The van der Waals surface area contributed by atoms with Gasteiger partial charge in [0.2, 0.25) is 17.6 Å². The highest BCUT2D eigenvalue weighted by Gasteiger charge is 2.33. The van der Waals surface area contributed by atoms with E-state index in [9.17, 15) is 24.0 Å². The number of hydrogen-bond donors (Lipinski definition) is 3. The van der Waals surface area contributed by atoms with Crippen LogP contribution in [0.3, 0.4) is 0 Å². The van der Waals surface area contributed by atoms with E-state index in [2.05, 4.69) is 16.0 Å². The predicted molar refractivity (Wildman–Crippen MR) is 148 cm³/mol. The van der Waals surface area contributed by atoms with Crippen LogP contribution in [0.5, 0.6) is 0 Å². The number of unbranched alkanes of at least 4 members (excludes halogenated alkanes) is 1.